The van der Waals surface area contributed by atoms with Crippen LogP contribution in [-0.2, 0) is 0 Å². The molecule has 0 aliphatic carbocycles. The first-order valence-electron chi connectivity index (χ1n) is 4.91. The average molecular weight is 186 g/mol. The van der Waals surface area contributed by atoms with E-state index in [1.807, 2.05) is 12.1 Å². The van der Waals surface area contributed by atoms with E-state index in [-0.39, 0.29) is 0 Å². The van der Waals surface area contributed by atoms with Crippen LogP contribution >= 0.6 is 0 Å². The molecule has 0 aromatic heterocycles. The second kappa shape index (κ2) is 4.28. The van der Waals surface area contributed by atoms with Crippen molar-refractivity contribution in [2.24, 2.45) is 0 Å². The standard InChI is InChI=1S/C12H14N2/c1-2-10-4-3-5-11(8-10)12-9-13-6-7-14-12/h1,3-5,8,12-14H,6-7,9H2/t12-/m1/s1. The van der Waals surface area contributed by atoms with E-state index in [0.29, 0.717) is 6.04 Å². The first-order valence-corrected chi connectivity index (χ1v) is 4.91. The fourth-order valence-corrected chi connectivity index (χ4v) is 1.73. The minimum atomic E-state index is 0.400. The van der Waals surface area contributed by atoms with E-state index in [4.69, 9.17) is 6.42 Å². The maximum absolute atomic E-state index is 5.36. The van der Waals surface area contributed by atoms with Gasteiger partial charge in [-0.15, -0.1) is 6.42 Å². The molecule has 1 aromatic rings. The SMILES string of the molecule is C#Cc1cccc([C@H]2CNCCN2)c1. The van der Waals surface area contributed by atoms with Gasteiger partial charge in [0.15, 0.2) is 0 Å². The number of hydrogen-bond acceptors (Lipinski definition) is 2. The quantitative estimate of drug-likeness (QED) is 0.637. The maximum atomic E-state index is 5.36. The van der Waals surface area contributed by atoms with E-state index in [1.54, 1.807) is 0 Å². The van der Waals surface area contributed by atoms with Crippen molar-refractivity contribution < 1.29 is 0 Å². The van der Waals surface area contributed by atoms with Gasteiger partial charge >= 0.3 is 0 Å². The monoisotopic (exact) mass is 186 g/mol. The summed E-state index contributed by atoms with van der Waals surface area (Å²) in [6, 6.07) is 8.56. The van der Waals surface area contributed by atoms with Gasteiger partial charge in [-0.2, -0.15) is 0 Å². The Kier molecular flexibility index (Phi) is 2.83. The van der Waals surface area contributed by atoms with E-state index < -0.39 is 0 Å². The highest BCUT2D eigenvalue weighted by molar-refractivity contribution is 5.36. The van der Waals surface area contributed by atoms with Crippen molar-refractivity contribution in [3.63, 3.8) is 0 Å². The summed E-state index contributed by atoms with van der Waals surface area (Å²) >= 11 is 0. The van der Waals surface area contributed by atoms with E-state index in [1.165, 1.54) is 5.56 Å². The zero-order chi connectivity index (χ0) is 9.80. The van der Waals surface area contributed by atoms with Gasteiger partial charge in [0.1, 0.15) is 0 Å². The third-order valence-electron chi connectivity index (χ3n) is 2.50. The van der Waals surface area contributed by atoms with Gasteiger partial charge in [0.05, 0.1) is 0 Å². The number of hydrogen-bond donors (Lipinski definition) is 2. The van der Waals surface area contributed by atoms with Crippen molar-refractivity contribution in [3.8, 4) is 12.3 Å². The molecule has 14 heavy (non-hydrogen) atoms. The van der Waals surface area contributed by atoms with Crippen molar-refractivity contribution in [1.29, 1.82) is 0 Å². The van der Waals surface area contributed by atoms with Crippen LogP contribution in [0.15, 0.2) is 24.3 Å². The van der Waals surface area contributed by atoms with Gasteiger partial charge < -0.3 is 10.6 Å². The highest BCUT2D eigenvalue weighted by Crippen LogP contribution is 2.14. The summed E-state index contributed by atoms with van der Waals surface area (Å²) in [7, 11) is 0. The number of terminal acetylenes is 1. The highest BCUT2D eigenvalue weighted by Gasteiger charge is 2.13. The van der Waals surface area contributed by atoms with Gasteiger partial charge in [-0.1, -0.05) is 18.1 Å². The summed E-state index contributed by atoms with van der Waals surface area (Å²) in [4.78, 5) is 0. The van der Waals surface area contributed by atoms with E-state index >= 15 is 0 Å². The molecule has 0 saturated carbocycles. The Bertz CT molecular complexity index is 346. The summed E-state index contributed by atoms with van der Waals surface area (Å²) in [5.41, 5.74) is 2.22. The Labute approximate surface area is 84.7 Å². The van der Waals surface area contributed by atoms with Crippen LogP contribution in [0, 0.1) is 12.3 Å². The number of piperazine rings is 1. The van der Waals surface area contributed by atoms with Gasteiger partial charge in [-0.3, -0.25) is 0 Å². The molecule has 1 aliphatic rings. The predicted octanol–water partition coefficient (Wildman–Crippen LogP) is 0.902. The van der Waals surface area contributed by atoms with Crippen molar-refractivity contribution in [3.05, 3.63) is 35.4 Å². The lowest BCUT2D eigenvalue weighted by Gasteiger charge is -2.24. The van der Waals surface area contributed by atoms with Crippen LogP contribution in [0.5, 0.6) is 0 Å². The molecule has 2 N–H and O–H groups in total. The third kappa shape index (κ3) is 1.95. The Morgan fingerprint density at radius 1 is 1.36 bits per heavy atom. The fourth-order valence-electron chi connectivity index (χ4n) is 1.73. The molecule has 0 spiro atoms. The molecule has 2 rings (SSSR count). The Morgan fingerprint density at radius 2 is 2.29 bits per heavy atom. The Balaban J connectivity index is 2.18. The lowest BCUT2D eigenvalue weighted by atomic mass is 10.0. The number of nitrogens with one attached hydrogen (secondary N) is 2. The molecular weight excluding hydrogens is 172 g/mol. The molecule has 0 amide bonds. The van der Waals surface area contributed by atoms with Crippen molar-refractivity contribution in [2.75, 3.05) is 19.6 Å². The molecule has 1 saturated heterocycles. The highest BCUT2D eigenvalue weighted by atomic mass is 15.1. The molecule has 72 valence electrons. The predicted molar refractivity (Wildman–Crippen MR) is 58.0 cm³/mol. The minimum Gasteiger partial charge on any atom is -0.314 e. The van der Waals surface area contributed by atoms with Crippen LogP contribution in [0.25, 0.3) is 0 Å². The summed E-state index contributed by atoms with van der Waals surface area (Å²) in [5.74, 6) is 2.66. The van der Waals surface area contributed by atoms with Crippen molar-refractivity contribution >= 4 is 0 Å². The van der Waals surface area contributed by atoms with Crippen LogP contribution in [0.1, 0.15) is 17.2 Å². The number of rotatable bonds is 1. The van der Waals surface area contributed by atoms with Gasteiger partial charge in [0.25, 0.3) is 0 Å². The van der Waals surface area contributed by atoms with Gasteiger partial charge in [-0.05, 0) is 17.7 Å². The Hall–Kier alpha value is -1.30. The van der Waals surface area contributed by atoms with Crippen molar-refractivity contribution in [2.45, 2.75) is 6.04 Å². The zero-order valence-electron chi connectivity index (χ0n) is 8.09. The summed E-state index contributed by atoms with van der Waals surface area (Å²) in [5, 5.41) is 6.81. The molecule has 1 aliphatic heterocycles. The molecule has 2 nitrogen and oxygen atoms in total. The van der Waals surface area contributed by atoms with Crippen LogP contribution in [0.2, 0.25) is 0 Å². The number of benzene rings is 1. The van der Waals surface area contributed by atoms with Gasteiger partial charge in [0.2, 0.25) is 0 Å². The van der Waals surface area contributed by atoms with E-state index in [2.05, 4.69) is 28.7 Å². The lowest BCUT2D eigenvalue weighted by molar-refractivity contribution is 0.430. The molecule has 1 heterocycles. The molecule has 2 heteroatoms. The molecule has 0 radical (unpaired) electrons. The molecule has 0 unspecified atom stereocenters. The molecule has 1 atom stereocenters. The molecule has 1 aromatic carbocycles. The normalized spacial score (nSPS) is 21.5. The maximum Gasteiger partial charge on any atom is 0.0447 e. The first-order chi connectivity index (χ1) is 6.90. The van der Waals surface area contributed by atoms with Gasteiger partial charge in [-0.25, -0.2) is 0 Å². The third-order valence-corrected chi connectivity index (χ3v) is 2.50. The Morgan fingerprint density at radius 3 is 3.00 bits per heavy atom. The average Bonchev–Trinajstić information content (AvgIpc) is 2.30. The zero-order valence-corrected chi connectivity index (χ0v) is 8.09. The van der Waals surface area contributed by atoms with Gasteiger partial charge in [0, 0.05) is 31.2 Å². The molecule has 0 bridgehead atoms. The summed E-state index contributed by atoms with van der Waals surface area (Å²) < 4.78 is 0. The summed E-state index contributed by atoms with van der Waals surface area (Å²) in [6.45, 7) is 3.05. The molecule has 1 fully saturated rings. The van der Waals surface area contributed by atoms with E-state index in [9.17, 15) is 0 Å². The van der Waals surface area contributed by atoms with Crippen molar-refractivity contribution in [1.82, 2.24) is 10.6 Å². The minimum absolute atomic E-state index is 0.400. The second-order valence-corrected chi connectivity index (χ2v) is 3.48. The van der Waals surface area contributed by atoms with Crippen LogP contribution in [-0.4, -0.2) is 19.6 Å². The first kappa shape index (κ1) is 9.26. The van der Waals surface area contributed by atoms with Crippen LogP contribution in [0.4, 0.5) is 0 Å². The van der Waals surface area contributed by atoms with Crippen LogP contribution < -0.4 is 10.6 Å². The van der Waals surface area contributed by atoms with Crippen LogP contribution in [0.3, 0.4) is 0 Å². The topological polar surface area (TPSA) is 24.1 Å². The fraction of sp³-hybridized carbons (Fsp3) is 0.333. The molecular formula is C12H14N2. The largest absolute Gasteiger partial charge is 0.314 e. The second-order valence-electron chi connectivity index (χ2n) is 3.48. The summed E-state index contributed by atoms with van der Waals surface area (Å²) in [6.07, 6.45) is 5.36. The lowest BCUT2D eigenvalue weighted by Crippen LogP contribution is -2.42. The van der Waals surface area contributed by atoms with E-state index in [0.717, 1.165) is 25.2 Å². The smallest absolute Gasteiger partial charge is 0.0447 e.